The summed E-state index contributed by atoms with van der Waals surface area (Å²) in [5.74, 6) is -0.621. The molecule has 22 heavy (non-hydrogen) atoms. The number of nitrogens with zero attached hydrogens (tertiary/aromatic N) is 1. The fourth-order valence-corrected chi connectivity index (χ4v) is 1.92. The Morgan fingerprint density at radius 3 is 2.45 bits per heavy atom. The normalized spacial score (nSPS) is 10.6. The van der Waals surface area contributed by atoms with Gasteiger partial charge in [0.1, 0.15) is 11.3 Å². The van der Waals surface area contributed by atoms with E-state index in [-0.39, 0.29) is 5.56 Å². The molecule has 2 aromatic rings. The predicted octanol–water partition coefficient (Wildman–Crippen LogP) is 3.47. The zero-order valence-electron chi connectivity index (χ0n) is 11.7. The Balaban J connectivity index is 2.33. The number of nitro benzene ring substituents is 1. The van der Waals surface area contributed by atoms with E-state index in [0.717, 1.165) is 5.56 Å². The lowest BCUT2D eigenvalue weighted by Gasteiger charge is -2.01. The fraction of sp³-hybridized carbons (Fsp3) is 0.0625. The SMILES string of the molecule is COc1cccc(/C=C/c2ccc(C(=O)O)c([N+](=O)[O-])c2)c1. The van der Waals surface area contributed by atoms with Crippen LogP contribution in [0.2, 0.25) is 0 Å². The van der Waals surface area contributed by atoms with Gasteiger partial charge in [0.15, 0.2) is 0 Å². The van der Waals surface area contributed by atoms with Crippen molar-refractivity contribution in [3.05, 3.63) is 69.3 Å². The van der Waals surface area contributed by atoms with Crippen molar-refractivity contribution in [2.75, 3.05) is 7.11 Å². The maximum atomic E-state index is 11.0. The first-order valence-corrected chi connectivity index (χ1v) is 6.35. The monoisotopic (exact) mass is 299 g/mol. The Morgan fingerprint density at radius 1 is 1.18 bits per heavy atom. The van der Waals surface area contributed by atoms with E-state index in [1.54, 1.807) is 19.3 Å². The third-order valence-corrected chi connectivity index (χ3v) is 3.01. The van der Waals surface area contributed by atoms with Gasteiger partial charge in [-0.25, -0.2) is 4.79 Å². The molecule has 0 atom stereocenters. The molecule has 0 fully saturated rings. The van der Waals surface area contributed by atoms with Crippen LogP contribution in [-0.4, -0.2) is 23.1 Å². The number of nitro groups is 1. The molecule has 0 unspecified atom stereocenters. The van der Waals surface area contributed by atoms with E-state index < -0.39 is 16.6 Å². The van der Waals surface area contributed by atoms with Crippen LogP contribution in [0.1, 0.15) is 21.5 Å². The quantitative estimate of drug-likeness (QED) is 0.518. The topological polar surface area (TPSA) is 89.7 Å². The van der Waals surface area contributed by atoms with Gasteiger partial charge in [0.25, 0.3) is 5.69 Å². The average molecular weight is 299 g/mol. The van der Waals surface area contributed by atoms with Gasteiger partial charge in [-0.05, 0) is 29.3 Å². The Labute approximate surface area is 126 Å². The van der Waals surface area contributed by atoms with Crippen LogP contribution in [0.3, 0.4) is 0 Å². The summed E-state index contributed by atoms with van der Waals surface area (Å²) in [6.45, 7) is 0. The summed E-state index contributed by atoms with van der Waals surface area (Å²) in [5, 5.41) is 19.9. The highest BCUT2D eigenvalue weighted by molar-refractivity contribution is 5.93. The highest BCUT2D eigenvalue weighted by Crippen LogP contribution is 2.22. The van der Waals surface area contributed by atoms with Gasteiger partial charge in [0.05, 0.1) is 12.0 Å². The number of hydrogen-bond acceptors (Lipinski definition) is 4. The van der Waals surface area contributed by atoms with Crippen LogP contribution in [-0.2, 0) is 0 Å². The molecular weight excluding hydrogens is 286 g/mol. The summed E-state index contributed by atoms with van der Waals surface area (Å²) in [5.41, 5.74) is 0.646. The van der Waals surface area contributed by atoms with Crippen LogP contribution in [0.25, 0.3) is 12.2 Å². The van der Waals surface area contributed by atoms with Crippen molar-refractivity contribution < 1.29 is 19.6 Å². The first-order chi connectivity index (χ1) is 10.5. The Kier molecular flexibility index (Phi) is 4.53. The van der Waals surface area contributed by atoms with Gasteiger partial charge >= 0.3 is 5.97 Å². The van der Waals surface area contributed by atoms with E-state index in [9.17, 15) is 14.9 Å². The molecule has 0 aromatic heterocycles. The van der Waals surface area contributed by atoms with Gasteiger partial charge in [-0.1, -0.05) is 30.4 Å². The number of aromatic carboxylic acids is 1. The Morgan fingerprint density at radius 2 is 1.86 bits per heavy atom. The summed E-state index contributed by atoms with van der Waals surface area (Å²) in [6, 6.07) is 11.3. The zero-order chi connectivity index (χ0) is 16.1. The minimum atomic E-state index is -1.32. The third kappa shape index (κ3) is 3.49. The second kappa shape index (κ2) is 6.53. The Hall–Kier alpha value is -3.15. The lowest BCUT2D eigenvalue weighted by atomic mass is 10.1. The zero-order valence-corrected chi connectivity index (χ0v) is 11.7. The highest BCUT2D eigenvalue weighted by atomic mass is 16.6. The van der Waals surface area contributed by atoms with Crippen molar-refractivity contribution in [3.8, 4) is 5.75 Å². The van der Waals surface area contributed by atoms with E-state index in [1.807, 2.05) is 24.3 Å². The van der Waals surface area contributed by atoms with Crippen molar-refractivity contribution in [3.63, 3.8) is 0 Å². The van der Waals surface area contributed by atoms with Gasteiger partial charge < -0.3 is 9.84 Å². The predicted molar refractivity (Wildman–Crippen MR) is 82.0 cm³/mol. The second-order valence-corrected chi connectivity index (χ2v) is 4.45. The molecule has 0 bridgehead atoms. The summed E-state index contributed by atoms with van der Waals surface area (Å²) >= 11 is 0. The molecule has 0 saturated carbocycles. The molecule has 2 aromatic carbocycles. The maximum Gasteiger partial charge on any atom is 0.342 e. The fourth-order valence-electron chi connectivity index (χ4n) is 1.92. The van der Waals surface area contributed by atoms with Crippen molar-refractivity contribution in [2.45, 2.75) is 0 Å². The summed E-state index contributed by atoms with van der Waals surface area (Å²) < 4.78 is 5.11. The molecule has 0 aliphatic rings. The van der Waals surface area contributed by atoms with Crippen molar-refractivity contribution in [1.82, 2.24) is 0 Å². The largest absolute Gasteiger partial charge is 0.497 e. The van der Waals surface area contributed by atoms with Gasteiger partial charge in [-0.15, -0.1) is 0 Å². The van der Waals surface area contributed by atoms with Crippen molar-refractivity contribution in [2.24, 2.45) is 0 Å². The number of ether oxygens (including phenoxy) is 1. The molecule has 0 spiro atoms. The van der Waals surface area contributed by atoms with Crippen LogP contribution in [0.4, 0.5) is 5.69 Å². The Bertz CT molecular complexity index is 752. The molecule has 0 saturated heterocycles. The van der Waals surface area contributed by atoms with Crippen molar-refractivity contribution in [1.29, 1.82) is 0 Å². The summed E-state index contributed by atoms with van der Waals surface area (Å²) in [4.78, 5) is 21.2. The van der Waals surface area contributed by atoms with Crippen LogP contribution >= 0.6 is 0 Å². The lowest BCUT2D eigenvalue weighted by molar-refractivity contribution is -0.385. The standard InChI is InChI=1S/C16H13NO5/c1-22-13-4-2-3-11(9-13)5-6-12-7-8-14(16(18)19)15(10-12)17(20)21/h2-10H,1H3,(H,18,19)/b6-5+. The summed E-state index contributed by atoms with van der Waals surface area (Å²) in [7, 11) is 1.57. The number of carbonyl (C=O) groups is 1. The lowest BCUT2D eigenvalue weighted by Crippen LogP contribution is -2.02. The molecule has 112 valence electrons. The molecule has 6 heteroatoms. The van der Waals surface area contributed by atoms with Crippen LogP contribution < -0.4 is 4.74 Å². The van der Waals surface area contributed by atoms with Gasteiger partial charge in [0, 0.05) is 6.07 Å². The maximum absolute atomic E-state index is 11.0. The molecule has 1 N–H and O–H groups in total. The molecule has 0 radical (unpaired) electrons. The van der Waals surface area contributed by atoms with Crippen molar-refractivity contribution >= 4 is 23.8 Å². The number of benzene rings is 2. The summed E-state index contributed by atoms with van der Waals surface area (Å²) in [6.07, 6.45) is 3.44. The van der Waals surface area contributed by atoms with E-state index in [0.29, 0.717) is 11.3 Å². The number of hydrogen-bond donors (Lipinski definition) is 1. The van der Waals surface area contributed by atoms with Crippen LogP contribution in [0, 0.1) is 10.1 Å². The molecule has 6 nitrogen and oxygen atoms in total. The first-order valence-electron chi connectivity index (χ1n) is 6.35. The van der Waals surface area contributed by atoms with E-state index in [4.69, 9.17) is 9.84 Å². The number of rotatable bonds is 5. The second-order valence-electron chi connectivity index (χ2n) is 4.45. The third-order valence-electron chi connectivity index (χ3n) is 3.01. The molecular formula is C16H13NO5. The van der Waals surface area contributed by atoms with Gasteiger partial charge in [-0.3, -0.25) is 10.1 Å². The highest BCUT2D eigenvalue weighted by Gasteiger charge is 2.19. The van der Waals surface area contributed by atoms with E-state index in [1.165, 1.54) is 18.2 Å². The molecule has 2 rings (SSSR count). The van der Waals surface area contributed by atoms with Gasteiger partial charge in [-0.2, -0.15) is 0 Å². The number of carboxylic acid groups (broad SMARTS) is 1. The first kappa shape index (κ1) is 15.2. The van der Waals surface area contributed by atoms with E-state index in [2.05, 4.69) is 0 Å². The molecule has 0 amide bonds. The molecule has 0 aliphatic carbocycles. The molecule has 0 heterocycles. The minimum absolute atomic E-state index is 0.330. The number of carboxylic acids is 1. The average Bonchev–Trinajstić information content (AvgIpc) is 2.52. The minimum Gasteiger partial charge on any atom is -0.497 e. The van der Waals surface area contributed by atoms with Gasteiger partial charge in [0.2, 0.25) is 0 Å². The smallest absolute Gasteiger partial charge is 0.342 e. The molecule has 0 aliphatic heterocycles. The van der Waals surface area contributed by atoms with E-state index >= 15 is 0 Å². The van der Waals surface area contributed by atoms with Crippen LogP contribution in [0.5, 0.6) is 5.75 Å². The number of methoxy groups -OCH3 is 1. The van der Waals surface area contributed by atoms with Crippen LogP contribution in [0.15, 0.2) is 42.5 Å².